The van der Waals surface area contributed by atoms with Gasteiger partial charge in [0, 0.05) is 10.2 Å². The summed E-state index contributed by atoms with van der Waals surface area (Å²) in [6.45, 7) is 4.19. The SMILES string of the molecule is CC(C)c1ccccc1-n1c(SCC(=O)Nc2cccc(Br)c2)nc2ccccc2c1=O. The number of carbonyl (C=O) groups is 1. The number of anilines is 1. The van der Waals surface area contributed by atoms with E-state index in [0.29, 0.717) is 21.7 Å². The van der Waals surface area contributed by atoms with Crippen molar-refractivity contribution >= 4 is 50.2 Å². The number of halogens is 1. The van der Waals surface area contributed by atoms with Gasteiger partial charge >= 0.3 is 0 Å². The summed E-state index contributed by atoms with van der Waals surface area (Å²) in [5.74, 6) is 0.183. The molecule has 3 aromatic carbocycles. The first-order valence-electron chi connectivity index (χ1n) is 10.2. The molecule has 0 fully saturated rings. The summed E-state index contributed by atoms with van der Waals surface area (Å²) in [5.41, 5.74) is 3.02. The highest BCUT2D eigenvalue weighted by atomic mass is 79.9. The van der Waals surface area contributed by atoms with Crippen molar-refractivity contribution in [3.63, 3.8) is 0 Å². The predicted molar refractivity (Wildman–Crippen MR) is 135 cm³/mol. The van der Waals surface area contributed by atoms with Crippen LogP contribution in [0.5, 0.6) is 0 Å². The van der Waals surface area contributed by atoms with E-state index in [-0.39, 0.29) is 23.1 Å². The quantitative estimate of drug-likeness (QED) is 0.256. The van der Waals surface area contributed by atoms with Crippen LogP contribution in [0, 0.1) is 0 Å². The van der Waals surface area contributed by atoms with E-state index in [4.69, 9.17) is 4.98 Å². The molecule has 1 amide bonds. The van der Waals surface area contributed by atoms with E-state index in [9.17, 15) is 9.59 Å². The monoisotopic (exact) mass is 507 g/mol. The molecule has 5 nitrogen and oxygen atoms in total. The van der Waals surface area contributed by atoms with Crippen molar-refractivity contribution in [3.8, 4) is 5.69 Å². The van der Waals surface area contributed by atoms with E-state index in [0.717, 1.165) is 15.7 Å². The van der Waals surface area contributed by atoms with Crippen LogP contribution in [0.2, 0.25) is 0 Å². The van der Waals surface area contributed by atoms with Gasteiger partial charge in [-0.1, -0.05) is 77.9 Å². The fourth-order valence-electron chi connectivity index (χ4n) is 3.49. The van der Waals surface area contributed by atoms with E-state index in [1.165, 1.54) is 11.8 Å². The number of rotatable bonds is 6. The Morgan fingerprint density at radius 1 is 1.06 bits per heavy atom. The summed E-state index contributed by atoms with van der Waals surface area (Å²) >= 11 is 4.66. The van der Waals surface area contributed by atoms with Crippen LogP contribution in [-0.2, 0) is 4.79 Å². The number of carbonyl (C=O) groups excluding carboxylic acids is 1. The van der Waals surface area contributed by atoms with Gasteiger partial charge in [0.25, 0.3) is 5.56 Å². The second kappa shape index (κ2) is 9.71. The highest BCUT2D eigenvalue weighted by Crippen LogP contribution is 2.27. The van der Waals surface area contributed by atoms with Crippen LogP contribution in [0.15, 0.2) is 87.2 Å². The first-order valence-corrected chi connectivity index (χ1v) is 12.0. The minimum absolute atomic E-state index is 0.126. The van der Waals surface area contributed by atoms with Crippen molar-refractivity contribution < 1.29 is 4.79 Å². The normalized spacial score (nSPS) is 11.1. The van der Waals surface area contributed by atoms with Crippen molar-refractivity contribution in [3.05, 3.63) is 93.2 Å². The largest absolute Gasteiger partial charge is 0.325 e. The molecule has 0 atom stereocenters. The third-order valence-corrected chi connectivity index (χ3v) is 6.42. The molecular formula is C25H22BrN3O2S. The Morgan fingerprint density at radius 2 is 1.81 bits per heavy atom. The molecule has 162 valence electrons. The summed E-state index contributed by atoms with van der Waals surface area (Å²) < 4.78 is 2.52. The molecule has 32 heavy (non-hydrogen) atoms. The fraction of sp³-hybridized carbons (Fsp3) is 0.160. The lowest BCUT2D eigenvalue weighted by atomic mass is 10.0. The maximum Gasteiger partial charge on any atom is 0.266 e. The lowest BCUT2D eigenvalue weighted by Crippen LogP contribution is -2.24. The van der Waals surface area contributed by atoms with Gasteiger partial charge in [-0.2, -0.15) is 0 Å². The average Bonchev–Trinajstić information content (AvgIpc) is 2.78. The van der Waals surface area contributed by atoms with Crippen LogP contribution in [0.25, 0.3) is 16.6 Å². The van der Waals surface area contributed by atoms with Crippen LogP contribution in [0.3, 0.4) is 0 Å². The van der Waals surface area contributed by atoms with Gasteiger partial charge in [-0.05, 0) is 47.9 Å². The number of fused-ring (bicyclic) bond motifs is 1. The Hall–Kier alpha value is -2.90. The zero-order valence-corrected chi connectivity index (χ0v) is 20.1. The van der Waals surface area contributed by atoms with Gasteiger partial charge in [-0.25, -0.2) is 4.98 Å². The van der Waals surface area contributed by atoms with Gasteiger partial charge in [-0.3, -0.25) is 14.2 Å². The zero-order chi connectivity index (χ0) is 22.7. The molecule has 0 saturated carbocycles. The number of nitrogens with zero attached hydrogens (tertiary/aromatic N) is 2. The van der Waals surface area contributed by atoms with E-state index in [1.54, 1.807) is 10.6 Å². The third kappa shape index (κ3) is 4.79. The molecule has 0 radical (unpaired) electrons. The summed E-state index contributed by atoms with van der Waals surface area (Å²) in [7, 11) is 0. The molecule has 0 aliphatic heterocycles. The second-order valence-corrected chi connectivity index (χ2v) is 9.47. The Bertz CT molecular complexity index is 1350. The molecule has 0 spiro atoms. The second-order valence-electron chi connectivity index (χ2n) is 7.61. The molecule has 0 saturated heterocycles. The molecule has 4 aromatic rings. The van der Waals surface area contributed by atoms with Crippen LogP contribution < -0.4 is 10.9 Å². The van der Waals surface area contributed by atoms with Crippen molar-refractivity contribution in [2.75, 3.05) is 11.1 Å². The minimum Gasteiger partial charge on any atom is -0.325 e. The molecule has 1 aromatic heterocycles. The van der Waals surface area contributed by atoms with E-state index < -0.39 is 0 Å². The number of para-hydroxylation sites is 2. The summed E-state index contributed by atoms with van der Waals surface area (Å²) in [4.78, 5) is 30.9. The Labute approximate surface area is 199 Å². The fourth-order valence-corrected chi connectivity index (χ4v) is 4.70. The number of hydrogen-bond donors (Lipinski definition) is 1. The van der Waals surface area contributed by atoms with Crippen LogP contribution in [0.4, 0.5) is 5.69 Å². The lowest BCUT2D eigenvalue weighted by molar-refractivity contribution is -0.113. The molecule has 0 bridgehead atoms. The average molecular weight is 508 g/mol. The smallest absolute Gasteiger partial charge is 0.266 e. The predicted octanol–water partition coefficient (Wildman–Crippen LogP) is 6.00. The van der Waals surface area contributed by atoms with Gasteiger partial charge in [0.2, 0.25) is 5.91 Å². The van der Waals surface area contributed by atoms with Crippen molar-refractivity contribution in [1.82, 2.24) is 9.55 Å². The first kappa shape index (κ1) is 22.3. The summed E-state index contributed by atoms with van der Waals surface area (Å²) in [6.07, 6.45) is 0. The number of thioether (sulfide) groups is 1. The van der Waals surface area contributed by atoms with Crippen LogP contribution in [-0.4, -0.2) is 21.2 Å². The molecule has 4 rings (SSSR count). The van der Waals surface area contributed by atoms with Gasteiger partial charge in [-0.15, -0.1) is 0 Å². The first-order chi connectivity index (χ1) is 15.4. The maximum atomic E-state index is 13.5. The number of nitrogens with one attached hydrogen (secondary N) is 1. The number of aromatic nitrogens is 2. The number of amides is 1. The number of hydrogen-bond acceptors (Lipinski definition) is 4. The highest BCUT2D eigenvalue weighted by molar-refractivity contribution is 9.10. The van der Waals surface area contributed by atoms with E-state index >= 15 is 0 Å². The van der Waals surface area contributed by atoms with Gasteiger partial charge in [0.1, 0.15) is 0 Å². The summed E-state index contributed by atoms with van der Waals surface area (Å²) in [5, 5.41) is 3.93. The molecule has 1 heterocycles. The molecular weight excluding hydrogens is 486 g/mol. The van der Waals surface area contributed by atoms with Gasteiger partial charge in [0.05, 0.1) is 22.3 Å². The molecule has 7 heteroatoms. The van der Waals surface area contributed by atoms with Gasteiger partial charge < -0.3 is 5.32 Å². The topological polar surface area (TPSA) is 64.0 Å². The van der Waals surface area contributed by atoms with Crippen molar-refractivity contribution in [2.45, 2.75) is 24.9 Å². The van der Waals surface area contributed by atoms with Crippen molar-refractivity contribution in [2.24, 2.45) is 0 Å². The van der Waals surface area contributed by atoms with E-state index in [1.807, 2.05) is 66.7 Å². The Balaban J connectivity index is 1.73. The lowest BCUT2D eigenvalue weighted by Gasteiger charge is -2.18. The van der Waals surface area contributed by atoms with Crippen LogP contribution >= 0.6 is 27.7 Å². The molecule has 0 aliphatic carbocycles. The Morgan fingerprint density at radius 3 is 2.59 bits per heavy atom. The summed E-state index contributed by atoms with van der Waals surface area (Å²) in [6, 6.07) is 22.6. The zero-order valence-electron chi connectivity index (χ0n) is 17.7. The van der Waals surface area contributed by atoms with Crippen LogP contribution in [0.1, 0.15) is 25.3 Å². The molecule has 0 aliphatic rings. The third-order valence-electron chi connectivity index (χ3n) is 4.99. The molecule has 1 N–H and O–H groups in total. The standard InChI is InChI=1S/C25H22BrN3O2S/c1-16(2)19-10-4-6-13-22(19)29-24(31)20-11-3-5-12-21(20)28-25(29)32-15-23(30)27-18-9-7-8-17(26)14-18/h3-14,16H,15H2,1-2H3,(H,27,30). The minimum atomic E-state index is -0.167. The highest BCUT2D eigenvalue weighted by Gasteiger charge is 2.18. The van der Waals surface area contributed by atoms with E-state index in [2.05, 4.69) is 35.1 Å². The van der Waals surface area contributed by atoms with Gasteiger partial charge in [0.15, 0.2) is 5.16 Å². The van der Waals surface area contributed by atoms with Crippen molar-refractivity contribution in [1.29, 1.82) is 0 Å². The molecule has 0 unspecified atom stereocenters. The maximum absolute atomic E-state index is 13.5. The number of benzene rings is 3. The Kier molecular flexibility index (Phi) is 6.77.